The fraction of sp³-hybridized carbons (Fsp3) is 0.303. The van der Waals surface area contributed by atoms with Gasteiger partial charge in [-0.3, -0.25) is 9.36 Å². The van der Waals surface area contributed by atoms with Crippen LogP contribution < -0.4 is 24.4 Å². The van der Waals surface area contributed by atoms with Gasteiger partial charge in [0.05, 0.1) is 35.6 Å². The zero-order chi connectivity index (χ0) is 30.0. The second kappa shape index (κ2) is 12.7. The number of allylic oxidation sites excluding steroid dienone is 1. The minimum atomic E-state index is -0.782. The molecule has 0 spiro atoms. The fourth-order valence-corrected chi connectivity index (χ4v) is 6.63. The Kier molecular flexibility index (Phi) is 8.99. The van der Waals surface area contributed by atoms with E-state index in [1.807, 2.05) is 81.4 Å². The van der Waals surface area contributed by atoms with Crippen LogP contribution >= 0.6 is 27.3 Å². The van der Waals surface area contributed by atoms with Crippen LogP contribution in [0.5, 0.6) is 11.5 Å². The molecule has 7 nitrogen and oxygen atoms in total. The topological polar surface area (TPSA) is 79.1 Å². The fourth-order valence-electron chi connectivity index (χ4n) is 5.25. The highest BCUT2D eigenvalue weighted by Gasteiger charge is 2.36. The first-order valence-corrected chi connectivity index (χ1v) is 15.6. The van der Waals surface area contributed by atoms with E-state index in [1.54, 1.807) is 18.6 Å². The molecule has 1 aliphatic heterocycles. The van der Waals surface area contributed by atoms with Crippen molar-refractivity contribution in [1.29, 1.82) is 0 Å². The maximum absolute atomic E-state index is 14.4. The number of esters is 1. The van der Waals surface area contributed by atoms with Crippen molar-refractivity contribution in [2.75, 3.05) is 13.7 Å². The minimum Gasteiger partial charge on any atom is -0.496 e. The summed E-state index contributed by atoms with van der Waals surface area (Å²) in [5, 5.41) is 2.02. The Labute approximate surface area is 256 Å². The quantitative estimate of drug-likeness (QED) is 0.199. The number of carbonyl (C=O) groups excluding carboxylic acids is 1. The molecule has 4 aromatic rings. The molecule has 0 bridgehead atoms. The van der Waals surface area contributed by atoms with Crippen LogP contribution in [0.2, 0.25) is 0 Å². The molecule has 5 rings (SSSR count). The lowest BCUT2D eigenvalue weighted by molar-refractivity contribution is -0.139. The second-order valence-electron chi connectivity index (χ2n) is 10.2. The van der Waals surface area contributed by atoms with Gasteiger partial charge in [-0.25, -0.2) is 9.79 Å². The zero-order valence-corrected chi connectivity index (χ0v) is 26.7. The van der Waals surface area contributed by atoms with E-state index in [1.165, 1.54) is 11.3 Å². The Bertz CT molecular complexity index is 1870. The van der Waals surface area contributed by atoms with E-state index in [0.717, 1.165) is 27.2 Å². The van der Waals surface area contributed by atoms with E-state index in [4.69, 9.17) is 19.2 Å². The third kappa shape index (κ3) is 5.68. The van der Waals surface area contributed by atoms with Crippen molar-refractivity contribution in [1.82, 2.24) is 4.57 Å². The summed E-state index contributed by atoms with van der Waals surface area (Å²) in [5.74, 6) is 0.755. The molecular formula is C33H33BrN2O5S. The van der Waals surface area contributed by atoms with Crippen LogP contribution in [0.1, 0.15) is 57.7 Å². The van der Waals surface area contributed by atoms with Crippen LogP contribution in [0, 0.1) is 0 Å². The molecule has 0 amide bonds. The van der Waals surface area contributed by atoms with Gasteiger partial charge in [0, 0.05) is 15.6 Å². The Balaban J connectivity index is 1.84. The molecule has 3 aromatic carbocycles. The van der Waals surface area contributed by atoms with Gasteiger partial charge < -0.3 is 14.2 Å². The zero-order valence-electron chi connectivity index (χ0n) is 24.3. The van der Waals surface area contributed by atoms with Gasteiger partial charge in [-0.2, -0.15) is 0 Å². The van der Waals surface area contributed by atoms with Gasteiger partial charge in [0.1, 0.15) is 17.5 Å². The maximum Gasteiger partial charge on any atom is 0.338 e. The Morgan fingerprint density at radius 2 is 1.88 bits per heavy atom. The highest BCUT2D eigenvalue weighted by atomic mass is 79.9. The van der Waals surface area contributed by atoms with Crippen LogP contribution in [0.4, 0.5) is 0 Å². The summed E-state index contributed by atoms with van der Waals surface area (Å²) < 4.78 is 20.3. The van der Waals surface area contributed by atoms with Gasteiger partial charge in [0.25, 0.3) is 5.56 Å². The molecule has 1 atom stereocenters. The molecule has 9 heteroatoms. The van der Waals surface area contributed by atoms with Crippen molar-refractivity contribution >= 4 is 50.1 Å². The van der Waals surface area contributed by atoms with Crippen LogP contribution in [0.25, 0.3) is 16.8 Å². The Hall–Kier alpha value is -3.69. The van der Waals surface area contributed by atoms with Crippen molar-refractivity contribution in [2.45, 2.75) is 52.7 Å². The molecule has 0 radical (unpaired) electrons. The predicted molar refractivity (Wildman–Crippen MR) is 170 cm³/mol. The number of rotatable bonds is 9. The summed E-state index contributed by atoms with van der Waals surface area (Å²) >= 11 is 4.87. The largest absolute Gasteiger partial charge is 0.496 e. The first-order valence-electron chi connectivity index (χ1n) is 14.0. The number of carbonyl (C=O) groups is 1. The molecule has 0 N–H and O–H groups in total. The van der Waals surface area contributed by atoms with Crippen LogP contribution in [-0.2, 0) is 9.53 Å². The number of halogens is 1. The summed E-state index contributed by atoms with van der Waals surface area (Å²) in [7, 11) is 1.58. The summed E-state index contributed by atoms with van der Waals surface area (Å²) in [5.41, 5.74) is 2.20. The second-order valence-corrected chi connectivity index (χ2v) is 12.1. The van der Waals surface area contributed by atoms with E-state index in [-0.39, 0.29) is 18.3 Å². The van der Waals surface area contributed by atoms with E-state index in [0.29, 0.717) is 44.1 Å². The number of thiazole rings is 1. The summed E-state index contributed by atoms with van der Waals surface area (Å²) in [4.78, 5) is 33.3. The van der Waals surface area contributed by atoms with Crippen molar-refractivity contribution in [2.24, 2.45) is 4.99 Å². The van der Waals surface area contributed by atoms with Crippen LogP contribution in [0.3, 0.4) is 0 Å². The van der Waals surface area contributed by atoms with Crippen molar-refractivity contribution < 1.29 is 19.0 Å². The molecule has 2 heterocycles. The monoisotopic (exact) mass is 648 g/mol. The van der Waals surface area contributed by atoms with E-state index in [9.17, 15) is 9.59 Å². The van der Waals surface area contributed by atoms with E-state index >= 15 is 0 Å². The summed E-state index contributed by atoms with van der Waals surface area (Å²) in [6.07, 6.45) is 3.16. The molecule has 0 saturated carbocycles. The average Bonchev–Trinajstić information content (AvgIpc) is 3.27. The number of nitrogens with zero attached hydrogens (tertiary/aromatic N) is 2. The molecular weight excluding hydrogens is 616 g/mol. The third-order valence-corrected chi connectivity index (χ3v) is 8.42. The van der Waals surface area contributed by atoms with Gasteiger partial charge in [0.15, 0.2) is 4.80 Å². The predicted octanol–water partition coefficient (Wildman–Crippen LogP) is 6.29. The van der Waals surface area contributed by atoms with Gasteiger partial charge in [-0.05, 0) is 68.3 Å². The molecule has 218 valence electrons. The third-order valence-electron chi connectivity index (χ3n) is 6.95. The van der Waals surface area contributed by atoms with Crippen molar-refractivity contribution in [3.63, 3.8) is 0 Å². The Morgan fingerprint density at radius 1 is 1.12 bits per heavy atom. The van der Waals surface area contributed by atoms with E-state index < -0.39 is 12.0 Å². The van der Waals surface area contributed by atoms with Gasteiger partial charge in [0.2, 0.25) is 0 Å². The number of ether oxygens (including phenoxy) is 3. The molecule has 0 fully saturated rings. The number of hydrogen-bond acceptors (Lipinski definition) is 7. The van der Waals surface area contributed by atoms with Crippen molar-refractivity contribution in [3.8, 4) is 11.5 Å². The highest BCUT2D eigenvalue weighted by Crippen LogP contribution is 2.38. The smallest absolute Gasteiger partial charge is 0.338 e. The average molecular weight is 650 g/mol. The standard InChI is InChI=1S/C33H33BrN2O5S/c1-6-10-25-29(32(38)40-7-2)30(24-17-21(34)14-16-26(24)39-5)36-31(37)28(42-33(36)35-25)18-23-22-12-9-8-11-20(22)13-15-27(23)41-19(3)4/h8-9,11-19,30H,6-7,10H2,1-5H3/b28-18+/t30-/m1/s1. The van der Waals surface area contributed by atoms with Crippen LogP contribution in [-0.4, -0.2) is 30.4 Å². The number of aromatic nitrogens is 1. The van der Waals surface area contributed by atoms with Gasteiger partial charge >= 0.3 is 5.97 Å². The molecule has 0 unspecified atom stereocenters. The minimum absolute atomic E-state index is 0.0488. The van der Waals surface area contributed by atoms with E-state index in [2.05, 4.69) is 15.9 Å². The van der Waals surface area contributed by atoms with Gasteiger partial charge in [-0.15, -0.1) is 0 Å². The number of methoxy groups -OCH3 is 1. The number of hydrogen-bond donors (Lipinski definition) is 0. The molecule has 42 heavy (non-hydrogen) atoms. The first-order chi connectivity index (χ1) is 20.3. The summed E-state index contributed by atoms with van der Waals surface area (Å²) in [6, 6.07) is 16.8. The highest BCUT2D eigenvalue weighted by molar-refractivity contribution is 9.10. The first kappa shape index (κ1) is 29.8. The lowest BCUT2D eigenvalue weighted by Crippen LogP contribution is -2.40. The Morgan fingerprint density at radius 3 is 2.60 bits per heavy atom. The molecule has 0 aliphatic carbocycles. The summed E-state index contributed by atoms with van der Waals surface area (Å²) in [6.45, 7) is 7.96. The normalized spacial score (nSPS) is 15.1. The van der Waals surface area contributed by atoms with Gasteiger partial charge in [-0.1, -0.05) is 70.9 Å². The number of benzene rings is 3. The lowest BCUT2D eigenvalue weighted by atomic mass is 9.93. The molecule has 1 aromatic heterocycles. The number of fused-ring (bicyclic) bond motifs is 2. The van der Waals surface area contributed by atoms with Crippen LogP contribution in [0.15, 0.2) is 80.1 Å². The molecule has 0 saturated heterocycles. The molecule has 1 aliphatic rings. The maximum atomic E-state index is 14.4. The SMILES string of the molecule is CCCC1=C(C(=O)OCC)[C@@H](c2cc(Br)ccc2OC)n2c(s/c(=C/c3c(OC(C)C)ccc4ccccc34)c2=O)=N1. The lowest BCUT2D eigenvalue weighted by Gasteiger charge is -2.27. The van der Waals surface area contributed by atoms with Crippen molar-refractivity contribution in [3.05, 3.63) is 101 Å².